The first-order valence-corrected chi connectivity index (χ1v) is 6.26. The number of ether oxygens (including phenoxy) is 2. The van der Waals surface area contributed by atoms with E-state index in [1.807, 2.05) is 19.9 Å². The zero-order valence-electron chi connectivity index (χ0n) is 11.3. The largest absolute Gasteiger partial charge is 0.494 e. The number of nitrogens with zero attached hydrogens (tertiary/aromatic N) is 2. The van der Waals surface area contributed by atoms with Gasteiger partial charge in [0.2, 0.25) is 5.88 Å². The predicted molar refractivity (Wildman–Crippen MR) is 73.4 cm³/mol. The van der Waals surface area contributed by atoms with Crippen molar-refractivity contribution in [3.63, 3.8) is 0 Å². The van der Waals surface area contributed by atoms with Crippen LogP contribution in [0.2, 0.25) is 0 Å². The highest BCUT2D eigenvalue weighted by Crippen LogP contribution is 2.36. The van der Waals surface area contributed by atoms with Crippen LogP contribution in [0.5, 0.6) is 11.5 Å². The number of nitrogens with two attached hydrogens (primary N) is 1. The van der Waals surface area contributed by atoms with Gasteiger partial charge in [0.25, 0.3) is 0 Å². The van der Waals surface area contributed by atoms with Crippen molar-refractivity contribution in [2.45, 2.75) is 13.8 Å². The van der Waals surface area contributed by atoms with Gasteiger partial charge in [-0.25, -0.2) is 0 Å². The average Bonchev–Trinajstić information content (AvgIpc) is 2.81. The highest BCUT2D eigenvalue weighted by Gasteiger charge is 2.19. The fourth-order valence-electron chi connectivity index (χ4n) is 1.82. The Balaban J connectivity index is 2.52. The molecule has 2 aromatic rings. The van der Waals surface area contributed by atoms with Gasteiger partial charge in [-0.2, -0.15) is 5.26 Å². The summed E-state index contributed by atoms with van der Waals surface area (Å²) in [5, 5.41) is 12.9. The number of hydrogen-bond donors (Lipinski definition) is 1. The van der Waals surface area contributed by atoms with E-state index in [-0.39, 0.29) is 11.4 Å². The molecule has 0 bridgehead atoms. The van der Waals surface area contributed by atoms with Crippen LogP contribution in [-0.4, -0.2) is 18.4 Å². The van der Waals surface area contributed by atoms with Crippen LogP contribution in [0.4, 0.5) is 5.88 Å². The molecule has 1 aromatic carbocycles. The van der Waals surface area contributed by atoms with Crippen LogP contribution >= 0.6 is 0 Å². The van der Waals surface area contributed by atoms with Gasteiger partial charge in [-0.3, -0.25) is 0 Å². The Labute approximate surface area is 116 Å². The van der Waals surface area contributed by atoms with Crippen LogP contribution in [0.3, 0.4) is 0 Å². The second-order valence-corrected chi connectivity index (χ2v) is 3.91. The second-order valence-electron chi connectivity index (χ2n) is 3.91. The lowest BCUT2D eigenvalue weighted by Gasteiger charge is -2.11. The molecule has 0 amide bonds. The molecule has 6 heteroatoms. The maximum Gasteiger partial charge on any atom is 0.240 e. The number of aromatic nitrogens is 1. The number of benzene rings is 1. The van der Waals surface area contributed by atoms with E-state index >= 15 is 0 Å². The molecule has 0 aliphatic carbocycles. The Hall–Kier alpha value is -2.68. The van der Waals surface area contributed by atoms with E-state index in [1.54, 1.807) is 18.2 Å². The number of nitrogen functional groups attached to an aromatic ring is 1. The summed E-state index contributed by atoms with van der Waals surface area (Å²) in [5.41, 5.74) is 6.79. The molecule has 0 saturated heterocycles. The molecule has 0 aliphatic rings. The lowest BCUT2D eigenvalue weighted by molar-refractivity contribution is 0.324. The highest BCUT2D eigenvalue weighted by atomic mass is 16.5. The van der Waals surface area contributed by atoms with Gasteiger partial charge >= 0.3 is 0 Å². The standard InChI is InChI=1S/C14H15N3O3/c1-3-18-9-5-6-10(12(7-9)19-4-2)13-11(8-15)14(16)20-17-13/h5-7H,3-4,16H2,1-2H3. The van der Waals surface area contributed by atoms with Crippen molar-refractivity contribution in [1.82, 2.24) is 5.16 Å². The monoisotopic (exact) mass is 273 g/mol. The van der Waals surface area contributed by atoms with Crippen molar-refractivity contribution in [1.29, 1.82) is 5.26 Å². The van der Waals surface area contributed by atoms with Gasteiger partial charge in [0, 0.05) is 11.6 Å². The third-order valence-corrected chi connectivity index (χ3v) is 2.65. The predicted octanol–water partition coefficient (Wildman–Crippen LogP) is 2.59. The third-order valence-electron chi connectivity index (χ3n) is 2.65. The molecular weight excluding hydrogens is 258 g/mol. The van der Waals surface area contributed by atoms with Gasteiger partial charge in [-0.1, -0.05) is 5.16 Å². The van der Waals surface area contributed by atoms with Crippen molar-refractivity contribution in [3.05, 3.63) is 23.8 Å². The highest BCUT2D eigenvalue weighted by molar-refractivity contribution is 5.76. The van der Waals surface area contributed by atoms with E-state index in [9.17, 15) is 0 Å². The van der Waals surface area contributed by atoms with Crippen LogP contribution in [0.25, 0.3) is 11.3 Å². The zero-order valence-corrected chi connectivity index (χ0v) is 11.3. The van der Waals surface area contributed by atoms with E-state index in [0.717, 1.165) is 0 Å². The first-order valence-electron chi connectivity index (χ1n) is 6.26. The van der Waals surface area contributed by atoms with Crippen LogP contribution in [0.15, 0.2) is 22.7 Å². The molecule has 20 heavy (non-hydrogen) atoms. The zero-order chi connectivity index (χ0) is 14.5. The van der Waals surface area contributed by atoms with Crippen LogP contribution in [0.1, 0.15) is 19.4 Å². The van der Waals surface area contributed by atoms with Gasteiger partial charge in [-0.15, -0.1) is 0 Å². The van der Waals surface area contributed by atoms with Crippen molar-refractivity contribution in [2.75, 3.05) is 18.9 Å². The maximum atomic E-state index is 9.11. The molecule has 0 radical (unpaired) electrons. The Morgan fingerprint density at radius 1 is 1.30 bits per heavy atom. The van der Waals surface area contributed by atoms with Crippen molar-refractivity contribution in [2.24, 2.45) is 0 Å². The quantitative estimate of drug-likeness (QED) is 0.899. The van der Waals surface area contributed by atoms with E-state index in [1.165, 1.54) is 0 Å². The molecule has 6 nitrogen and oxygen atoms in total. The van der Waals surface area contributed by atoms with Crippen LogP contribution < -0.4 is 15.2 Å². The van der Waals surface area contributed by atoms with Gasteiger partial charge in [-0.05, 0) is 26.0 Å². The van der Waals surface area contributed by atoms with Crippen molar-refractivity contribution >= 4 is 5.88 Å². The fraction of sp³-hybridized carbons (Fsp3) is 0.286. The molecule has 2 rings (SSSR count). The normalized spacial score (nSPS) is 10.1. The molecular formula is C14H15N3O3. The minimum atomic E-state index is -0.00108. The Kier molecular flexibility index (Phi) is 4.11. The minimum Gasteiger partial charge on any atom is -0.494 e. The summed E-state index contributed by atoms with van der Waals surface area (Å²) in [6.07, 6.45) is 0. The summed E-state index contributed by atoms with van der Waals surface area (Å²) in [4.78, 5) is 0. The SMILES string of the molecule is CCOc1ccc(-c2noc(N)c2C#N)c(OCC)c1. The number of nitriles is 1. The molecule has 104 valence electrons. The Bertz CT molecular complexity index is 644. The Morgan fingerprint density at radius 3 is 2.70 bits per heavy atom. The topological polar surface area (TPSA) is 94.3 Å². The second kappa shape index (κ2) is 5.97. The first kappa shape index (κ1) is 13.7. The molecule has 0 aliphatic heterocycles. The molecule has 2 N–H and O–H groups in total. The lowest BCUT2D eigenvalue weighted by atomic mass is 10.1. The fourth-order valence-corrected chi connectivity index (χ4v) is 1.82. The van der Waals surface area contributed by atoms with E-state index < -0.39 is 0 Å². The molecule has 1 aromatic heterocycles. The first-order chi connectivity index (χ1) is 9.71. The lowest BCUT2D eigenvalue weighted by Crippen LogP contribution is -1.98. The van der Waals surface area contributed by atoms with E-state index in [0.29, 0.717) is 36.0 Å². The molecule has 0 saturated carbocycles. The van der Waals surface area contributed by atoms with E-state index in [4.69, 9.17) is 25.0 Å². The third kappa shape index (κ3) is 2.52. The molecule has 0 spiro atoms. The summed E-state index contributed by atoms with van der Waals surface area (Å²) in [6, 6.07) is 7.30. The van der Waals surface area contributed by atoms with Gasteiger partial charge in [0.15, 0.2) is 0 Å². The number of rotatable bonds is 5. The summed E-state index contributed by atoms with van der Waals surface area (Å²) in [5.74, 6) is 1.26. The summed E-state index contributed by atoms with van der Waals surface area (Å²) >= 11 is 0. The van der Waals surface area contributed by atoms with Crippen molar-refractivity contribution in [3.8, 4) is 28.8 Å². The van der Waals surface area contributed by atoms with Crippen LogP contribution in [-0.2, 0) is 0 Å². The summed E-state index contributed by atoms with van der Waals surface area (Å²) in [7, 11) is 0. The van der Waals surface area contributed by atoms with Crippen LogP contribution in [0, 0.1) is 11.3 Å². The average molecular weight is 273 g/mol. The number of anilines is 1. The molecule has 0 atom stereocenters. The van der Waals surface area contributed by atoms with Gasteiger partial charge in [0.1, 0.15) is 28.8 Å². The summed E-state index contributed by atoms with van der Waals surface area (Å²) < 4.78 is 15.9. The smallest absolute Gasteiger partial charge is 0.240 e. The van der Waals surface area contributed by atoms with E-state index in [2.05, 4.69) is 5.16 Å². The van der Waals surface area contributed by atoms with Gasteiger partial charge in [0.05, 0.1) is 13.2 Å². The number of hydrogen-bond acceptors (Lipinski definition) is 6. The molecule has 0 fully saturated rings. The molecule has 0 unspecified atom stereocenters. The Morgan fingerprint density at radius 2 is 2.05 bits per heavy atom. The minimum absolute atomic E-state index is 0.00108. The molecule has 1 heterocycles. The summed E-state index contributed by atoms with van der Waals surface area (Å²) in [6.45, 7) is 4.82. The maximum absolute atomic E-state index is 9.11. The van der Waals surface area contributed by atoms with Gasteiger partial charge < -0.3 is 19.7 Å². The van der Waals surface area contributed by atoms with Crippen molar-refractivity contribution < 1.29 is 14.0 Å².